The molecular weight excluding hydrogens is 202 g/mol. The third kappa shape index (κ3) is 3.80. The van der Waals surface area contributed by atoms with Crippen molar-refractivity contribution < 1.29 is 9.90 Å². The molecule has 0 radical (unpaired) electrons. The Hall–Kier alpha value is -1.01. The molecule has 0 aliphatic rings. The third-order valence-corrected chi connectivity index (χ3v) is 2.19. The van der Waals surface area contributed by atoms with Crippen molar-refractivity contribution in [1.82, 2.24) is 10.6 Å². The largest absolute Gasteiger partial charge is 0.480 e. The van der Waals surface area contributed by atoms with Crippen molar-refractivity contribution in [2.45, 2.75) is 12.5 Å². The average Bonchev–Trinajstić information content (AvgIpc) is 2.18. The maximum atomic E-state index is 10.7. The summed E-state index contributed by atoms with van der Waals surface area (Å²) in [4.78, 5) is 14.3. The molecule has 0 bridgehead atoms. The van der Waals surface area contributed by atoms with Gasteiger partial charge in [-0.2, -0.15) is 0 Å². The van der Waals surface area contributed by atoms with Gasteiger partial charge in [-0.3, -0.25) is 9.79 Å². The van der Waals surface area contributed by atoms with Gasteiger partial charge in [0.1, 0.15) is 11.1 Å². The fourth-order valence-electron chi connectivity index (χ4n) is 0.918. The predicted octanol–water partition coefficient (Wildman–Crippen LogP) is 0.0680. The maximum Gasteiger partial charge on any atom is 0.321 e. The molecule has 3 N–H and O–H groups in total. The van der Waals surface area contributed by atoms with Crippen LogP contribution >= 0.6 is 12.6 Å². The molecule has 6 heteroatoms. The number of thiol groups is 1. The molecule has 0 amide bonds. The highest BCUT2D eigenvalue weighted by molar-refractivity contribution is 7.84. The lowest BCUT2D eigenvalue weighted by Crippen LogP contribution is -2.35. The molecule has 14 heavy (non-hydrogen) atoms. The maximum absolute atomic E-state index is 10.7. The number of aliphatic imine (C=N–C) groups is 1. The number of carboxylic acids is 1. The van der Waals surface area contributed by atoms with Crippen LogP contribution < -0.4 is 10.6 Å². The van der Waals surface area contributed by atoms with E-state index in [1.54, 1.807) is 14.1 Å². The van der Waals surface area contributed by atoms with Crippen molar-refractivity contribution >= 4 is 25.3 Å². The van der Waals surface area contributed by atoms with Gasteiger partial charge < -0.3 is 15.7 Å². The number of carboxylic acid groups (broad SMARTS) is 1. The SMILES string of the molecule is C=N/C(S)=C(/C[C@H](NC)C(=O)O)NC. The summed E-state index contributed by atoms with van der Waals surface area (Å²) in [5, 5.41) is 14.7. The Bertz CT molecular complexity index is 253. The fourth-order valence-corrected chi connectivity index (χ4v) is 1.12. The molecule has 0 aromatic carbocycles. The van der Waals surface area contributed by atoms with Crippen molar-refractivity contribution in [1.29, 1.82) is 0 Å². The Morgan fingerprint density at radius 1 is 1.64 bits per heavy atom. The van der Waals surface area contributed by atoms with Gasteiger partial charge in [-0.1, -0.05) is 0 Å². The van der Waals surface area contributed by atoms with Gasteiger partial charge in [0.25, 0.3) is 0 Å². The number of nitrogens with zero attached hydrogens (tertiary/aromatic N) is 1. The van der Waals surface area contributed by atoms with Gasteiger partial charge in [0.2, 0.25) is 0 Å². The Balaban J connectivity index is 4.60. The third-order valence-electron chi connectivity index (χ3n) is 1.78. The fraction of sp³-hybridized carbons (Fsp3) is 0.500. The van der Waals surface area contributed by atoms with Crippen molar-refractivity contribution in [3.8, 4) is 0 Å². The minimum atomic E-state index is -0.912. The van der Waals surface area contributed by atoms with Crippen LogP contribution in [0.5, 0.6) is 0 Å². The molecule has 0 unspecified atom stereocenters. The zero-order valence-corrected chi connectivity index (χ0v) is 9.14. The zero-order valence-electron chi connectivity index (χ0n) is 8.24. The van der Waals surface area contributed by atoms with Crippen LogP contribution in [0.25, 0.3) is 0 Å². The summed E-state index contributed by atoms with van der Waals surface area (Å²) in [7, 11) is 3.27. The number of carbonyl (C=O) groups is 1. The van der Waals surface area contributed by atoms with Gasteiger partial charge in [0, 0.05) is 19.2 Å². The summed E-state index contributed by atoms with van der Waals surface area (Å²) in [6.07, 6.45) is 0.292. The second kappa shape index (κ2) is 6.44. The highest BCUT2D eigenvalue weighted by atomic mass is 32.1. The molecule has 0 saturated heterocycles. The van der Waals surface area contributed by atoms with Gasteiger partial charge in [-0.05, 0) is 13.8 Å². The van der Waals surface area contributed by atoms with Crippen LogP contribution in [0.1, 0.15) is 6.42 Å². The Morgan fingerprint density at radius 3 is 2.50 bits per heavy atom. The lowest BCUT2D eigenvalue weighted by Gasteiger charge is -2.14. The van der Waals surface area contributed by atoms with E-state index in [9.17, 15) is 4.79 Å². The average molecular weight is 217 g/mol. The normalized spacial score (nSPS) is 14.2. The summed E-state index contributed by atoms with van der Waals surface area (Å²) < 4.78 is 0. The second-order valence-electron chi connectivity index (χ2n) is 2.59. The topological polar surface area (TPSA) is 73.7 Å². The van der Waals surface area contributed by atoms with E-state index in [1.807, 2.05) is 0 Å². The first kappa shape index (κ1) is 13.0. The molecule has 0 heterocycles. The summed E-state index contributed by atoms with van der Waals surface area (Å²) >= 11 is 4.05. The second-order valence-corrected chi connectivity index (χ2v) is 3.02. The number of likely N-dealkylation sites (N-methyl/N-ethyl adjacent to an activating group) is 1. The smallest absolute Gasteiger partial charge is 0.321 e. The summed E-state index contributed by atoms with van der Waals surface area (Å²) in [6.45, 7) is 3.32. The van der Waals surface area contributed by atoms with Gasteiger partial charge in [0.15, 0.2) is 0 Å². The van der Waals surface area contributed by atoms with E-state index >= 15 is 0 Å². The van der Waals surface area contributed by atoms with Crippen LogP contribution in [-0.4, -0.2) is 37.9 Å². The highest BCUT2D eigenvalue weighted by Crippen LogP contribution is 2.12. The van der Waals surface area contributed by atoms with E-state index in [0.717, 1.165) is 0 Å². The van der Waals surface area contributed by atoms with Crippen LogP contribution in [0.15, 0.2) is 15.7 Å². The molecular formula is C8H15N3O2S. The number of aliphatic carboxylic acids is 1. The number of hydrogen-bond acceptors (Lipinski definition) is 5. The minimum absolute atomic E-state index is 0.292. The van der Waals surface area contributed by atoms with Crippen LogP contribution in [0, 0.1) is 0 Å². The first-order valence-electron chi connectivity index (χ1n) is 4.03. The van der Waals surface area contributed by atoms with Crippen molar-refractivity contribution in [2.24, 2.45) is 4.99 Å². The van der Waals surface area contributed by atoms with Gasteiger partial charge in [0.05, 0.1) is 0 Å². The first-order valence-corrected chi connectivity index (χ1v) is 4.48. The van der Waals surface area contributed by atoms with E-state index in [0.29, 0.717) is 17.1 Å². The van der Waals surface area contributed by atoms with Crippen molar-refractivity contribution in [3.05, 3.63) is 10.7 Å². The number of hydrogen-bond donors (Lipinski definition) is 4. The van der Waals surface area contributed by atoms with Crippen LogP contribution in [0.4, 0.5) is 0 Å². The molecule has 5 nitrogen and oxygen atoms in total. The molecule has 80 valence electrons. The standard InChI is InChI=1S/C8H15N3O2S/c1-9-5(7(14)11-3)4-6(10-2)8(12)13/h6,9-10,14H,3-4H2,1-2H3,(H,12,13)/b7-5+/t6-/m0/s1. The molecule has 0 aromatic rings. The lowest BCUT2D eigenvalue weighted by atomic mass is 10.1. The van der Waals surface area contributed by atoms with Crippen LogP contribution in [0.3, 0.4) is 0 Å². The van der Waals surface area contributed by atoms with E-state index in [-0.39, 0.29) is 0 Å². The minimum Gasteiger partial charge on any atom is -0.480 e. The zero-order chi connectivity index (χ0) is 11.1. The van der Waals surface area contributed by atoms with E-state index in [4.69, 9.17) is 5.11 Å². The number of nitrogens with one attached hydrogen (secondary N) is 2. The summed E-state index contributed by atoms with van der Waals surface area (Å²) in [6, 6.07) is -0.652. The van der Waals surface area contributed by atoms with E-state index in [2.05, 4.69) is 35.0 Å². The molecule has 0 aliphatic carbocycles. The Kier molecular flexibility index (Phi) is 5.98. The van der Waals surface area contributed by atoms with Crippen molar-refractivity contribution in [3.63, 3.8) is 0 Å². The molecule has 0 saturated carbocycles. The molecule has 0 spiro atoms. The monoisotopic (exact) mass is 217 g/mol. The molecule has 1 atom stereocenters. The number of rotatable bonds is 6. The Labute approximate surface area is 88.7 Å². The van der Waals surface area contributed by atoms with Gasteiger partial charge >= 0.3 is 5.97 Å². The van der Waals surface area contributed by atoms with Gasteiger partial charge in [-0.25, -0.2) is 0 Å². The van der Waals surface area contributed by atoms with E-state index in [1.165, 1.54) is 0 Å². The summed E-state index contributed by atoms with van der Waals surface area (Å²) in [5.41, 5.74) is 0.644. The molecule has 0 aliphatic heterocycles. The Morgan fingerprint density at radius 2 is 2.21 bits per heavy atom. The quantitative estimate of drug-likeness (QED) is 0.375. The van der Waals surface area contributed by atoms with Crippen molar-refractivity contribution in [2.75, 3.05) is 14.1 Å². The lowest BCUT2D eigenvalue weighted by molar-refractivity contribution is -0.139. The first-order chi connectivity index (χ1) is 6.56. The highest BCUT2D eigenvalue weighted by Gasteiger charge is 2.17. The molecule has 0 fully saturated rings. The van der Waals surface area contributed by atoms with Crippen LogP contribution in [-0.2, 0) is 4.79 Å². The van der Waals surface area contributed by atoms with Crippen LogP contribution in [0.2, 0.25) is 0 Å². The predicted molar refractivity (Wildman–Crippen MR) is 59.7 cm³/mol. The molecule has 0 aromatic heterocycles. The van der Waals surface area contributed by atoms with E-state index < -0.39 is 12.0 Å². The summed E-state index contributed by atoms with van der Waals surface area (Å²) in [5.74, 6) is -0.912. The van der Waals surface area contributed by atoms with Gasteiger partial charge in [-0.15, -0.1) is 12.6 Å². The molecule has 0 rings (SSSR count).